The summed E-state index contributed by atoms with van der Waals surface area (Å²) in [6.07, 6.45) is 3.21. The summed E-state index contributed by atoms with van der Waals surface area (Å²) >= 11 is 0. The molecule has 1 aromatic carbocycles. The molecule has 2 amide bonds. The lowest BCUT2D eigenvalue weighted by molar-refractivity contribution is -0.153. The number of fused-ring (bicyclic) bond motifs is 5. The largest absolute Gasteiger partial charge is 0.471 e. The number of carbonyl (C=O) groups is 3. The zero-order chi connectivity index (χ0) is 30.9. The van der Waals surface area contributed by atoms with Gasteiger partial charge in [0.2, 0.25) is 17.7 Å². The molecule has 2 fully saturated rings. The van der Waals surface area contributed by atoms with Gasteiger partial charge in [-0.15, -0.1) is 0 Å². The van der Waals surface area contributed by atoms with Gasteiger partial charge in [-0.05, 0) is 42.4 Å². The van der Waals surface area contributed by atoms with Crippen LogP contribution >= 0.6 is 0 Å². The second-order valence-electron chi connectivity index (χ2n) is 12.5. The highest BCUT2D eigenvalue weighted by molar-refractivity contribution is 5.92. The number of benzene rings is 1. The highest BCUT2D eigenvalue weighted by atomic mass is 19.3. The maximum atomic E-state index is 15.7. The molecule has 10 nitrogen and oxygen atoms in total. The number of amides is 2. The normalized spacial score (nSPS) is 29.1. The minimum Gasteiger partial charge on any atom is -0.471 e. The molecule has 1 saturated heterocycles. The number of halogens is 2. The van der Waals surface area contributed by atoms with Gasteiger partial charge in [-0.25, -0.2) is 14.8 Å². The quantitative estimate of drug-likeness (QED) is 0.387. The summed E-state index contributed by atoms with van der Waals surface area (Å²) < 4.78 is 48.4. The predicted octanol–water partition coefficient (Wildman–Crippen LogP) is 3.92. The van der Waals surface area contributed by atoms with E-state index in [4.69, 9.17) is 14.2 Å². The molecule has 5 atom stereocenters. The number of esters is 1. The Morgan fingerprint density at radius 2 is 1.86 bits per heavy atom. The zero-order valence-electron chi connectivity index (χ0n) is 24.8. The van der Waals surface area contributed by atoms with E-state index in [-0.39, 0.29) is 49.4 Å². The van der Waals surface area contributed by atoms with Crippen LogP contribution in [0, 0.1) is 11.3 Å². The van der Waals surface area contributed by atoms with Crippen molar-refractivity contribution in [2.45, 2.75) is 83.1 Å². The maximum absolute atomic E-state index is 15.7. The summed E-state index contributed by atoms with van der Waals surface area (Å²) in [6, 6.07) is 4.60. The van der Waals surface area contributed by atoms with Crippen molar-refractivity contribution in [3.05, 3.63) is 42.1 Å². The molecule has 3 heterocycles. The van der Waals surface area contributed by atoms with Crippen LogP contribution in [0.1, 0.15) is 58.6 Å². The van der Waals surface area contributed by atoms with E-state index in [1.54, 1.807) is 24.3 Å². The number of hydrogen-bond acceptors (Lipinski definition) is 8. The van der Waals surface area contributed by atoms with Gasteiger partial charge in [-0.2, -0.15) is 8.78 Å². The first-order valence-corrected chi connectivity index (χ1v) is 14.7. The van der Waals surface area contributed by atoms with Crippen LogP contribution in [-0.2, 0) is 29.8 Å². The SMILES string of the molecule is COC(=O)[C@@H]1C[C@@H]2CN1C(=O)[C@H](C(C)(C)C)NC(=O)C[C@@H]1CCC[C@H]1OC/C=C/C(F)(F)c1nc3ccccc3nc1O2. The van der Waals surface area contributed by atoms with E-state index in [2.05, 4.69) is 15.3 Å². The van der Waals surface area contributed by atoms with E-state index in [0.29, 0.717) is 18.0 Å². The van der Waals surface area contributed by atoms with Crippen molar-refractivity contribution in [2.24, 2.45) is 11.3 Å². The van der Waals surface area contributed by atoms with Crippen molar-refractivity contribution in [1.82, 2.24) is 20.2 Å². The Morgan fingerprint density at radius 3 is 2.56 bits per heavy atom. The first-order chi connectivity index (χ1) is 20.4. The van der Waals surface area contributed by atoms with E-state index >= 15 is 8.78 Å². The average molecular weight is 601 g/mol. The third-order valence-electron chi connectivity index (χ3n) is 8.34. The number of nitrogens with one attached hydrogen (secondary N) is 1. The Labute approximate surface area is 249 Å². The van der Waals surface area contributed by atoms with Crippen molar-refractivity contribution in [3.8, 4) is 5.88 Å². The third-order valence-corrected chi connectivity index (χ3v) is 8.34. The Bertz CT molecular complexity index is 1410. The van der Waals surface area contributed by atoms with E-state index in [1.165, 1.54) is 18.1 Å². The number of methoxy groups -OCH3 is 1. The Kier molecular flexibility index (Phi) is 8.69. The Morgan fingerprint density at radius 1 is 1.14 bits per heavy atom. The fraction of sp³-hybridized carbons (Fsp3) is 0.581. The molecule has 43 heavy (non-hydrogen) atoms. The summed E-state index contributed by atoms with van der Waals surface area (Å²) in [7, 11) is 1.21. The Balaban J connectivity index is 1.57. The lowest BCUT2D eigenvalue weighted by Crippen LogP contribution is -2.57. The number of rotatable bonds is 1. The van der Waals surface area contributed by atoms with Crippen LogP contribution in [0.2, 0.25) is 0 Å². The van der Waals surface area contributed by atoms with Crippen LogP contribution in [0.15, 0.2) is 36.4 Å². The van der Waals surface area contributed by atoms with Gasteiger partial charge in [0.05, 0.1) is 37.4 Å². The molecule has 0 radical (unpaired) electrons. The minimum atomic E-state index is -3.57. The maximum Gasteiger partial charge on any atom is 0.328 e. The molecule has 232 valence electrons. The van der Waals surface area contributed by atoms with Crippen LogP contribution in [0.3, 0.4) is 0 Å². The van der Waals surface area contributed by atoms with Crippen LogP contribution in [0.4, 0.5) is 8.78 Å². The summed E-state index contributed by atoms with van der Waals surface area (Å²) in [6.45, 7) is 5.30. The van der Waals surface area contributed by atoms with E-state index < -0.39 is 53.0 Å². The number of alkyl halides is 2. The lowest BCUT2D eigenvalue weighted by atomic mass is 9.85. The molecule has 2 aliphatic heterocycles. The number of ether oxygens (including phenoxy) is 3. The summed E-state index contributed by atoms with van der Waals surface area (Å²) in [4.78, 5) is 50.0. The van der Waals surface area contributed by atoms with Gasteiger partial charge in [0.25, 0.3) is 0 Å². The molecule has 0 spiro atoms. The van der Waals surface area contributed by atoms with Gasteiger partial charge < -0.3 is 24.4 Å². The average Bonchev–Trinajstić information content (AvgIpc) is 3.58. The molecule has 2 aromatic rings. The fourth-order valence-electron chi connectivity index (χ4n) is 6.11. The zero-order valence-corrected chi connectivity index (χ0v) is 24.8. The first kappa shape index (κ1) is 30.8. The van der Waals surface area contributed by atoms with Crippen LogP contribution in [-0.4, -0.2) is 77.2 Å². The lowest BCUT2D eigenvalue weighted by Gasteiger charge is -2.35. The molecule has 5 rings (SSSR count). The van der Waals surface area contributed by atoms with Gasteiger partial charge in [-0.3, -0.25) is 9.59 Å². The number of nitrogens with zero attached hydrogens (tertiary/aromatic N) is 3. The van der Waals surface area contributed by atoms with Crippen LogP contribution in [0.25, 0.3) is 11.0 Å². The Hall–Kier alpha value is -3.67. The minimum absolute atomic E-state index is 0.0177. The summed E-state index contributed by atoms with van der Waals surface area (Å²) in [5.74, 6) is -5.55. The number of allylic oxidation sites excluding steroid dienone is 1. The molecule has 3 aliphatic rings. The van der Waals surface area contributed by atoms with Gasteiger partial charge in [-0.1, -0.05) is 45.4 Å². The predicted molar refractivity (Wildman–Crippen MR) is 152 cm³/mol. The number of hydrogen-bond donors (Lipinski definition) is 1. The molecule has 1 saturated carbocycles. The topological polar surface area (TPSA) is 120 Å². The first-order valence-electron chi connectivity index (χ1n) is 14.7. The van der Waals surface area contributed by atoms with Crippen LogP contribution in [0.5, 0.6) is 5.88 Å². The highest BCUT2D eigenvalue weighted by Gasteiger charge is 2.47. The summed E-state index contributed by atoms with van der Waals surface area (Å²) in [5.41, 5.74) is -0.765. The highest BCUT2D eigenvalue weighted by Crippen LogP contribution is 2.38. The molecule has 1 N–H and O–H groups in total. The third kappa shape index (κ3) is 6.63. The van der Waals surface area contributed by atoms with Crippen molar-refractivity contribution in [1.29, 1.82) is 0 Å². The fourth-order valence-corrected chi connectivity index (χ4v) is 6.11. The van der Waals surface area contributed by atoms with Crippen molar-refractivity contribution >= 4 is 28.8 Å². The standard InChI is InChI=1S/C31H38F2N4O6/c1-30(2,3)26-28(39)37-17-19(16-22(37)29(40)41-4)43-27-25(34-20-10-5-6-11-21(20)35-27)31(32,33)13-8-14-42-23-12-7-9-18(23)15-24(38)36-26/h5-6,8,10-11,13,18-19,22-23,26H,7,9,12,14-17H2,1-4H3,(H,36,38)/b13-8+/t18-,19+,22-,23+,26+/m0/s1. The summed E-state index contributed by atoms with van der Waals surface area (Å²) in [5, 5.41) is 2.92. The number of para-hydroxylation sites is 2. The molecule has 1 aliphatic carbocycles. The smallest absolute Gasteiger partial charge is 0.328 e. The van der Waals surface area contributed by atoms with Gasteiger partial charge in [0, 0.05) is 12.8 Å². The van der Waals surface area contributed by atoms with Gasteiger partial charge >= 0.3 is 11.9 Å². The van der Waals surface area contributed by atoms with Gasteiger partial charge in [0.1, 0.15) is 18.2 Å². The molecular formula is C31H38F2N4O6. The van der Waals surface area contributed by atoms with E-state index in [1.807, 2.05) is 20.8 Å². The second-order valence-corrected chi connectivity index (χ2v) is 12.5. The van der Waals surface area contributed by atoms with Crippen LogP contribution < -0.4 is 10.1 Å². The van der Waals surface area contributed by atoms with Crippen molar-refractivity contribution < 1.29 is 37.4 Å². The van der Waals surface area contributed by atoms with Crippen molar-refractivity contribution in [3.63, 3.8) is 0 Å². The molecular weight excluding hydrogens is 562 g/mol. The monoisotopic (exact) mass is 600 g/mol. The number of carbonyl (C=O) groups excluding carboxylic acids is 3. The van der Waals surface area contributed by atoms with E-state index in [9.17, 15) is 14.4 Å². The van der Waals surface area contributed by atoms with E-state index in [0.717, 1.165) is 12.8 Å². The van der Waals surface area contributed by atoms with Crippen molar-refractivity contribution in [2.75, 3.05) is 20.3 Å². The second kappa shape index (κ2) is 12.1. The molecule has 0 unspecified atom stereocenters. The van der Waals surface area contributed by atoms with Gasteiger partial charge in [0.15, 0.2) is 5.69 Å². The molecule has 1 aromatic heterocycles. The number of aromatic nitrogens is 2. The molecule has 12 heteroatoms. The molecule has 2 bridgehead atoms.